The van der Waals surface area contributed by atoms with Crippen LogP contribution in [0.4, 0.5) is 0 Å². The van der Waals surface area contributed by atoms with Gasteiger partial charge < -0.3 is 14.4 Å². The number of halogens is 4. The molecule has 0 spiro atoms. The minimum atomic E-state index is -3.83. The van der Waals surface area contributed by atoms with Crippen LogP contribution in [0.15, 0.2) is 42.5 Å². The molecule has 0 aromatic heterocycles. The maximum absolute atomic E-state index is 12.0. The summed E-state index contributed by atoms with van der Waals surface area (Å²) in [5.41, 5.74) is 0.746. The highest BCUT2D eigenvalue weighted by Gasteiger charge is 2.24. The third-order valence-corrected chi connectivity index (χ3v) is 8.17. The number of hydrogen-bond acceptors (Lipinski definition) is 5. The van der Waals surface area contributed by atoms with Crippen molar-refractivity contribution < 1.29 is 22.8 Å². The molecule has 0 radical (unpaired) electrons. The van der Waals surface area contributed by atoms with E-state index >= 15 is 0 Å². The van der Waals surface area contributed by atoms with E-state index in [-0.39, 0.29) is 17.2 Å². The van der Waals surface area contributed by atoms with Crippen LogP contribution in [0.1, 0.15) is 0 Å². The SMILES string of the molecule is CS(=O)(=O)Oc1cc(I)cc2c(I)cc(O)c(-c3c(O)cc(I)c4cc(I)ccc34)c12. The van der Waals surface area contributed by atoms with Crippen LogP contribution in [0.2, 0.25) is 0 Å². The van der Waals surface area contributed by atoms with E-state index in [9.17, 15) is 18.6 Å². The minimum Gasteiger partial charge on any atom is -0.507 e. The maximum Gasteiger partial charge on any atom is 0.306 e. The van der Waals surface area contributed by atoms with Gasteiger partial charge in [-0.1, -0.05) is 6.07 Å². The Morgan fingerprint density at radius 1 is 0.742 bits per heavy atom. The quantitative estimate of drug-likeness (QED) is 0.174. The van der Waals surface area contributed by atoms with Gasteiger partial charge in [0.1, 0.15) is 11.5 Å². The first-order valence-electron chi connectivity index (χ1n) is 8.61. The molecule has 5 nitrogen and oxygen atoms in total. The Morgan fingerprint density at radius 3 is 1.97 bits per heavy atom. The summed E-state index contributed by atoms with van der Waals surface area (Å²) in [5, 5.41) is 24.8. The van der Waals surface area contributed by atoms with E-state index in [0.717, 1.165) is 36.7 Å². The summed E-state index contributed by atoms with van der Waals surface area (Å²) < 4.78 is 32.7. The van der Waals surface area contributed by atoms with Gasteiger partial charge in [-0.05, 0) is 138 Å². The lowest BCUT2D eigenvalue weighted by atomic mass is 9.92. The molecule has 0 atom stereocenters. The molecule has 0 bridgehead atoms. The van der Waals surface area contributed by atoms with E-state index in [1.807, 2.05) is 24.3 Å². The topological polar surface area (TPSA) is 83.8 Å². The van der Waals surface area contributed by atoms with Gasteiger partial charge in [-0.2, -0.15) is 8.42 Å². The number of fused-ring (bicyclic) bond motifs is 2. The molecule has 0 amide bonds. The van der Waals surface area contributed by atoms with E-state index in [1.165, 1.54) is 0 Å². The van der Waals surface area contributed by atoms with E-state index in [0.29, 0.717) is 16.5 Å². The van der Waals surface area contributed by atoms with Crippen LogP contribution >= 0.6 is 90.4 Å². The van der Waals surface area contributed by atoms with E-state index in [1.54, 1.807) is 18.2 Å². The van der Waals surface area contributed by atoms with E-state index in [2.05, 4.69) is 90.4 Å². The molecule has 2 N–H and O–H groups in total. The summed E-state index contributed by atoms with van der Waals surface area (Å²) in [6.45, 7) is 0. The summed E-state index contributed by atoms with van der Waals surface area (Å²) >= 11 is 8.58. The van der Waals surface area contributed by atoms with Crippen LogP contribution in [0.3, 0.4) is 0 Å². The average Bonchev–Trinajstić information content (AvgIpc) is 2.63. The molecule has 0 aliphatic rings. The summed E-state index contributed by atoms with van der Waals surface area (Å²) in [6.07, 6.45) is 0.978. The van der Waals surface area contributed by atoms with Crippen molar-refractivity contribution in [3.8, 4) is 28.4 Å². The molecule has 4 aromatic rings. The zero-order chi connectivity index (χ0) is 22.7. The monoisotopic (exact) mass is 884 g/mol. The van der Waals surface area contributed by atoms with E-state index < -0.39 is 10.1 Å². The molecule has 4 rings (SSSR count). The van der Waals surface area contributed by atoms with Gasteiger partial charge in [-0.15, -0.1) is 0 Å². The molecule has 0 saturated carbocycles. The highest BCUT2D eigenvalue weighted by molar-refractivity contribution is 14.1. The number of phenolic OH excluding ortho intramolecular Hbond substituents is 2. The van der Waals surface area contributed by atoms with E-state index in [4.69, 9.17) is 4.18 Å². The summed E-state index contributed by atoms with van der Waals surface area (Å²) in [7, 11) is -3.83. The number of hydrogen-bond donors (Lipinski definition) is 2. The molecule has 4 aromatic carbocycles. The minimum absolute atomic E-state index is 0.0141. The first-order valence-corrected chi connectivity index (χ1v) is 14.7. The lowest BCUT2D eigenvalue weighted by Crippen LogP contribution is -2.07. The van der Waals surface area contributed by atoms with Crippen LogP contribution in [0, 0.1) is 14.3 Å². The Morgan fingerprint density at radius 2 is 1.32 bits per heavy atom. The van der Waals surface area contributed by atoms with Gasteiger partial charge in [0.2, 0.25) is 0 Å². The molecular formula is C21H12I4O5S. The van der Waals surface area contributed by atoms with Crippen molar-refractivity contribution in [2.75, 3.05) is 6.26 Å². The lowest BCUT2D eigenvalue weighted by Gasteiger charge is -2.18. The number of phenols is 2. The van der Waals surface area contributed by atoms with Crippen molar-refractivity contribution in [3.63, 3.8) is 0 Å². The summed E-state index contributed by atoms with van der Waals surface area (Å²) in [6, 6.07) is 12.6. The summed E-state index contributed by atoms with van der Waals surface area (Å²) in [5.74, 6) is 0.0115. The van der Waals surface area contributed by atoms with Crippen molar-refractivity contribution in [2.24, 2.45) is 0 Å². The van der Waals surface area contributed by atoms with Crippen molar-refractivity contribution in [2.45, 2.75) is 0 Å². The molecule has 0 heterocycles. The van der Waals surface area contributed by atoms with Gasteiger partial charge in [0.15, 0.2) is 5.75 Å². The Hall–Kier alpha value is -0.330. The fourth-order valence-electron chi connectivity index (χ4n) is 3.51. The van der Waals surface area contributed by atoms with Gasteiger partial charge in [-0.25, -0.2) is 0 Å². The predicted octanol–water partition coefficient (Wildman–Crippen LogP) is 6.83. The second-order valence-corrected chi connectivity index (χ2v) is 13.2. The molecule has 0 fully saturated rings. The average molecular weight is 884 g/mol. The first kappa shape index (κ1) is 23.8. The molecule has 0 aliphatic heterocycles. The van der Waals surface area contributed by atoms with Gasteiger partial charge in [0.25, 0.3) is 0 Å². The molecule has 31 heavy (non-hydrogen) atoms. The van der Waals surface area contributed by atoms with Crippen molar-refractivity contribution in [1.82, 2.24) is 0 Å². The Kier molecular flexibility index (Phi) is 6.75. The molecule has 0 unspecified atom stereocenters. The van der Waals surface area contributed by atoms with Crippen molar-refractivity contribution in [1.29, 1.82) is 0 Å². The van der Waals surface area contributed by atoms with Gasteiger partial charge in [0, 0.05) is 36.2 Å². The van der Waals surface area contributed by atoms with Crippen molar-refractivity contribution >= 4 is 122 Å². The second-order valence-electron chi connectivity index (χ2n) is 6.81. The Balaban J connectivity index is 2.25. The second kappa shape index (κ2) is 8.79. The highest BCUT2D eigenvalue weighted by Crippen LogP contribution is 2.49. The molecule has 160 valence electrons. The number of rotatable bonds is 3. The molecule has 0 saturated heterocycles. The third-order valence-electron chi connectivity index (χ3n) is 4.61. The Labute approximate surface area is 233 Å². The van der Waals surface area contributed by atoms with Crippen molar-refractivity contribution in [3.05, 3.63) is 56.7 Å². The lowest BCUT2D eigenvalue weighted by molar-refractivity contribution is 0.469. The zero-order valence-electron chi connectivity index (χ0n) is 15.6. The number of aromatic hydroxyl groups is 2. The molecular weight excluding hydrogens is 872 g/mol. The molecule has 10 heteroatoms. The van der Waals surface area contributed by atoms with Gasteiger partial charge in [-0.3, -0.25) is 0 Å². The fourth-order valence-corrected chi connectivity index (χ4v) is 6.52. The van der Waals surface area contributed by atoms with Crippen LogP contribution in [0.25, 0.3) is 32.7 Å². The van der Waals surface area contributed by atoms with Crippen LogP contribution in [-0.2, 0) is 10.1 Å². The first-order chi connectivity index (χ1) is 14.5. The normalized spacial score (nSPS) is 11.9. The van der Waals surface area contributed by atoms with Crippen LogP contribution < -0.4 is 4.18 Å². The van der Waals surface area contributed by atoms with Crippen LogP contribution in [0.5, 0.6) is 17.2 Å². The van der Waals surface area contributed by atoms with Gasteiger partial charge >= 0.3 is 10.1 Å². The maximum atomic E-state index is 12.0. The van der Waals surface area contributed by atoms with Gasteiger partial charge in [0.05, 0.1) is 6.26 Å². The number of benzene rings is 4. The third kappa shape index (κ3) is 4.68. The smallest absolute Gasteiger partial charge is 0.306 e. The largest absolute Gasteiger partial charge is 0.507 e. The Bertz CT molecular complexity index is 1500. The fraction of sp³-hybridized carbons (Fsp3) is 0.0476. The standard InChI is InChI=1S/C21H12I4O5S/c1-31(28,29)30-18-6-10(23)5-13-15(25)8-17(27)21(20(13)18)19-11-3-2-9(22)4-12(11)14(24)7-16(19)26/h2-8,26-27H,1H3. The van der Waals surface area contributed by atoms with Crippen LogP contribution in [-0.4, -0.2) is 24.9 Å². The predicted molar refractivity (Wildman–Crippen MR) is 157 cm³/mol. The summed E-state index contributed by atoms with van der Waals surface area (Å²) in [4.78, 5) is 0. The molecule has 0 aliphatic carbocycles. The zero-order valence-corrected chi connectivity index (χ0v) is 25.0. The highest BCUT2D eigenvalue weighted by atomic mass is 127.